The van der Waals surface area contributed by atoms with E-state index in [-0.39, 0.29) is 24.9 Å². The van der Waals surface area contributed by atoms with E-state index < -0.39 is 11.9 Å². The van der Waals surface area contributed by atoms with Gasteiger partial charge in [0.15, 0.2) is 5.82 Å². The Hall–Kier alpha value is -2.41. The van der Waals surface area contributed by atoms with Crippen LogP contribution in [0.4, 0.5) is 0 Å². The van der Waals surface area contributed by atoms with Crippen LogP contribution in [-0.4, -0.2) is 50.2 Å². The molecule has 1 amide bonds. The number of carboxylic acids is 1. The fourth-order valence-corrected chi connectivity index (χ4v) is 2.56. The number of H-pyrrole nitrogens is 1. The number of nitrogens with one attached hydrogen (secondary N) is 1. The molecule has 23 heavy (non-hydrogen) atoms. The SMILES string of the molecule is Cc1nc(-c2ccc(C(=O)N3CCC(C(=O)O)C3)cc2)n[nH]1.Cl. The molecule has 1 fully saturated rings. The average Bonchev–Trinajstić information content (AvgIpc) is 3.16. The molecule has 0 saturated carbocycles. The van der Waals surface area contributed by atoms with Crippen molar-refractivity contribution in [3.63, 3.8) is 0 Å². The third kappa shape index (κ3) is 3.50. The monoisotopic (exact) mass is 336 g/mol. The molecule has 122 valence electrons. The van der Waals surface area contributed by atoms with Gasteiger partial charge in [-0.15, -0.1) is 12.4 Å². The molecule has 1 aliphatic heterocycles. The van der Waals surface area contributed by atoms with E-state index >= 15 is 0 Å². The molecule has 0 radical (unpaired) electrons. The minimum Gasteiger partial charge on any atom is -0.481 e. The van der Waals surface area contributed by atoms with Gasteiger partial charge in [0, 0.05) is 24.2 Å². The molecular weight excluding hydrogens is 320 g/mol. The molecule has 2 heterocycles. The van der Waals surface area contributed by atoms with Crippen LogP contribution in [0.3, 0.4) is 0 Å². The summed E-state index contributed by atoms with van der Waals surface area (Å²) < 4.78 is 0. The van der Waals surface area contributed by atoms with Crippen molar-refractivity contribution >= 4 is 24.3 Å². The van der Waals surface area contributed by atoms with Crippen molar-refractivity contribution in [3.05, 3.63) is 35.7 Å². The van der Waals surface area contributed by atoms with E-state index in [0.717, 1.165) is 11.4 Å². The quantitative estimate of drug-likeness (QED) is 0.889. The van der Waals surface area contributed by atoms with Crippen LogP contribution in [0.5, 0.6) is 0 Å². The molecule has 0 spiro atoms. The highest BCUT2D eigenvalue weighted by atomic mass is 35.5. The van der Waals surface area contributed by atoms with E-state index in [0.29, 0.717) is 24.4 Å². The van der Waals surface area contributed by atoms with Gasteiger partial charge >= 0.3 is 5.97 Å². The molecule has 1 atom stereocenters. The topological polar surface area (TPSA) is 99.2 Å². The van der Waals surface area contributed by atoms with Gasteiger partial charge in [-0.1, -0.05) is 12.1 Å². The van der Waals surface area contributed by atoms with E-state index in [2.05, 4.69) is 15.2 Å². The first kappa shape index (κ1) is 17.0. The van der Waals surface area contributed by atoms with Crippen LogP contribution in [0.2, 0.25) is 0 Å². The third-order valence-electron chi connectivity index (χ3n) is 3.81. The molecule has 0 bridgehead atoms. The maximum atomic E-state index is 12.4. The molecule has 1 unspecified atom stereocenters. The number of nitrogens with zero attached hydrogens (tertiary/aromatic N) is 3. The first-order chi connectivity index (χ1) is 10.5. The number of carbonyl (C=O) groups is 2. The van der Waals surface area contributed by atoms with Gasteiger partial charge in [0.05, 0.1) is 5.92 Å². The summed E-state index contributed by atoms with van der Waals surface area (Å²) >= 11 is 0. The molecule has 8 heteroatoms. The van der Waals surface area contributed by atoms with Crippen molar-refractivity contribution in [1.82, 2.24) is 20.1 Å². The second-order valence-corrected chi connectivity index (χ2v) is 5.40. The lowest BCUT2D eigenvalue weighted by Gasteiger charge is -2.15. The molecular formula is C15H17ClN4O3. The predicted octanol–water partition coefficient (Wildman–Crippen LogP) is 1.75. The highest BCUT2D eigenvalue weighted by Crippen LogP contribution is 2.21. The number of rotatable bonds is 3. The number of hydrogen-bond acceptors (Lipinski definition) is 4. The summed E-state index contributed by atoms with van der Waals surface area (Å²) in [5, 5.41) is 15.8. The van der Waals surface area contributed by atoms with E-state index in [1.165, 1.54) is 0 Å². The van der Waals surface area contributed by atoms with Crippen molar-refractivity contribution in [2.24, 2.45) is 5.92 Å². The Labute approximate surface area is 139 Å². The number of hydrogen-bond donors (Lipinski definition) is 2. The molecule has 2 N–H and O–H groups in total. The van der Waals surface area contributed by atoms with Gasteiger partial charge in [0.1, 0.15) is 5.82 Å². The summed E-state index contributed by atoms with van der Waals surface area (Å²) in [7, 11) is 0. The molecule has 1 aromatic heterocycles. The molecule has 7 nitrogen and oxygen atoms in total. The van der Waals surface area contributed by atoms with E-state index in [9.17, 15) is 9.59 Å². The van der Waals surface area contributed by atoms with Crippen LogP contribution in [-0.2, 0) is 4.79 Å². The lowest BCUT2D eigenvalue weighted by molar-refractivity contribution is -0.141. The zero-order valence-electron chi connectivity index (χ0n) is 12.5. The van der Waals surface area contributed by atoms with Crippen molar-refractivity contribution in [2.75, 3.05) is 13.1 Å². The van der Waals surface area contributed by atoms with Crippen LogP contribution in [0.15, 0.2) is 24.3 Å². The zero-order valence-corrected chi connectivity index (χ0v) is 13.3. The molecule has 3 rings (SSSR count). The van der Waals surface area contributed by atoms with Crippen LogP contribution in [0, 0.1) is 12.8 Å². The first-order valence-corrected chi connectivity index (χ1v) is 7.06. The van der Waals surface area contributed by atoms with Crippen LogP contribution in [0.25, 0.3) is 11.4 Å². The lowest BCUT2D eigenvalue weighted by atomic mass is 10.1. The standard InChI is InChI=1S/C15H16N4O3.ClH/c1-9-16-13(18-17-9)10-2-4-11(5-3-10)14(20)19-7-6-12(8-19)15(21)22;/h2-5,12H,6-8H2,1H3,(H,21,22)(H,16,17,18);1H. The van der Waals surface area contributed by atoms with E-state index in [4.69, 9.17) is 5.11 Å². The summed E-state index contributed by atoms with van der Waals surface area (Å²) in [6.07, 6.45) is 0.510. The normalized spacial score (nSPS) is 16.9. The molecule has 0 aliphatic carbocycles. The summed E-state index contributed by atoms with van der Waals surface area (Å²) in [6, 6.07) is 7.02. The van der Waals surface area contributed by atoms with Gasteiger partial charge in [0.2, 0.25) is 0 Å². The van der Waals surface area contributed by atoms with Crippen molar-refractivity contribution in [2.45, 2.75) is 13.3 Å². The first-order valence-electron chi connectivity index (χ1n) is 7.06. The Balaban J connectivity index is 0.00000192. The Bertz CT molecular complexity index is 714. The summed E-state index contributed by atoms with van der Waals surface area (Å²) in [6.45, 7) is 2.58. The maximum absolute atomic E-state index is 12.4. The number of halogens is 1. The minimum atomic E-state index is -0.842. The number of aromatic amines is 1. The van der Waals surface area contributed by atoms with E-state index in [1.54, 1.807) is 29.2 Å². The van der Waals surface area contributed by atoms with Crippen molar-refractivity contribution in [1.29, 1.82) is 0 Å². The van der Waals surface area contributed by atoms with Crippen LogP contribution >= 0.6 is 12.4 Å². The second kappa shape index (κ2) is 6.78. The Morgan fingerprint density at radius 2 is 2.00 bits per heavy atom. The largest absolute Gasteiger partial charge is 0.481 e. The van der Waals surface area contributed by atoms with E-state index in [1.807, 2.05) is 6.92 Å². The Kier molecular flexibility index (Phi) is 5.00. The number of aliphatic carboxylic acids is 1. The summed E-state index contributed by atoms with van der Waals surface area (Å²) in [5.41, 5.74) is 1.37. The molecule has 2 aromatic rings. The molecule has 1 aromatic carbocycles. The van der Waals surface area contributed by atoms with Gasteiger partial charge in [-0.2, -0.15) is 5.10 Å². The van der Waals surface area contributed by atoms with Crippen molar-refractivity contribution in [3.8, 4) is 11.4 Å². The Morgan fingerprint density at radius 1 is 1.30 bits per heavy atom. The number of carboxylic acid groups (broad SMARTS) is 1. The van der Waals surface area contributed by atoms with Gasteiger partial charge < -0.3 is 10.0 Å². The number of benzene rings is 1. The number of aryl methyl sites for hydroxylation is 1. The highest BCUT2D eigenvalue weighted by molar-refractivity contribution is 5.95. The van der Waals surface area contributed by atoms with Gasteiger partial charge in [-0.05, 0) is 25.5 Å². The predicted molar refractivity (Wildman–Crippen MR) is 85.5 cm³/mol. The van der Waals surface area contributed by atoms with Crippen LogP contribution in [0.1, 0.15) is 22.6 Å². The zero-order chi connectivity index (χ0) is 15.7. The van der Waals surface area contributed by atoms with Gasteiger partial charge in [-0.25, -0.2) is 4.98 Å². The molecule has 1 aliphatic rings. The molecule has 1 saturated heterocycles. The number of likely N-dealkylation sites (tertiary alicyclic amines) is 1. The minimum absolute atomic E-state index is 0. The number of aromatic nitrogens is 3. The lowest BCUT2D eigenvalue weighted by Crippen LogP contribution is -2.29. The maximum Gasteiger partial charge on any atom is 0.308 e. The van der Waals surface area contributed by atoms with Crippen LogP contribution < -0.4 is 0 Å². The summed E-state index contributed by atoms with van der Waals surface area (Å²) in [4.78, 5) is 29.1. The number of amides is 1. The smallest absolute Gasteiger partial charge is 0.308 e. The third-order valence-corrected chi connectivity index (χ3v) is 3.81. The highest BCUT2D eigenvalue weighted by Gasteiger charge is 2.31. The second-order valence-electron chi connectivity index (χ2n) is 5.40. The van der Waals surface area contributed by atoms with Gasteiger partial charge in [0.25, 0.3) is 5.91 Å². The van der Waals surface area contributed by atoms with Gasteiger partial charge in [-0.3, -0.25) is 14.7 Å². The average molecular weight is 337 g/mol. The fraction of sp³-hybridized carbons (Fsp3) is 0.333. The summed E-state index contributed by atoms with van der Waals surface area (Å²) in [5.74, 6) is -0.123. The van der Waals surface area contributed by atoms with Crippen molar-refractivity contribution < 1.29 is 14.7 Å². The Morgan fingerprint density at radius 3 is 2.52 bits per heavy atom. The number of carbonyl (C=O) groups excluding carboxylic acids is 1. The fourth-order valence-electron chi connectivity index (χ4n) is 2.56.